The van der Waals surface area contributed by atoms with Gasteiger partial charge in [0.1, 0.15) is 11.6 Å². The maximum atomic E-state index is 13.7. The first-order valence-electron chi connectivity index (χ1n) is 11.1. The lowest BCUT2D eigenvalue weighted by Crippen LogP contribution is -2.65. The minimum Gasteiger partial charge on any atom is -0.351 e. The van der Waals surface area contributed by atoms with Crippen molar-refractivity contribution in [2.45, 2.75) is 88.3 Å². The Hall–Kier alpha value is -2.37. The summed E-state index contributed by atoms with van der Waals surface area (Å²) in [5.74, 6) is -0.277. The molecule has 6 heteroatoms. The highest BCUT2D eigenvalue weighted by Crippen LogP contribution is 2.39. The number of nitrogens with zero attached hydrogens (tertiary/aromatic N) is 1. The topological polar surface area (TPSA) is 78.5 Å². The van der Waals surface area contributed by atoms with Crippen LogP contribution < -0.4 is 15.5 Å². The number of rotatable bonds is 5. The second-order valence-electron chi connectivity index (χ2n) is 8.72. The van der Waals surface area contributed by atoms with E-state index in [0.29, 0.717) is 25.7 Å². The molecule has 1 saturated heterocycles. The van der Waals surface area contributed by atoms with Gasteiger partial charge in [-0.2, -0.15) is 0 Å². The van der Waals surface area contributed by atoms with E-state index in [1.807, 2.05) is 30.3 Å². The molecule has 2 N–H and O–H groups in total. The summed E-state index contributed by atoms with van der Waals surface area (Å²) in [6.45, 7) is 0. The molecule has 0 aromatic heterocycles. The van der Waals surface area contributed by atoms with Gasteiger partial charge in [0.05, 0.1) is 0 Å². The van der Waals surface area contributed by atoms with Crippen LogP contribution in [0.25, 0.3) is 0 Å². The van der Waals surface area contributed by atoms with Crippen LogP contribution in [0.4, 0.5) is 5.69 Å². The minimum atomic E-state index is -0.882. The van der Waals surface area contributed by atoms with Crippen LogP contribution >= 0.6 is 0 Å². The molecular weight excluding hydrogens is 366 g/mol. The zero-order chi connectivity index (χ0) is 20.3. The summed E-state index contributed by atoms with van der Waals surface area (Å²) >= 11 is 0. The zero-order valence-corrected chi connectivity index (χ0v) is 17.0. The Balaban J connectivity index is 1.70. The number of nitrogens with one attached hydrogen (secondary N) is 2. The lowest BCUT2D eigenvalue weighted by atomic mass is 9.78. The van der Waals surface area contributed by atoms with Gasteiger partial charge in [-0.25, -0.2) is 0 Å². The second kappa shape index (κ2) is 8.56. The van der Waals surface area contributed by atoms with Gasteiger partial charge in [-0.15, -0.1) is 0 Å². The van der Waals surface area contributed by atoms with Crippen LogP contribution in [0.2, 0.25) is 0 Å². The number of benzene rings is 1. The number of hydrogen-bond acceptors (Lipinski definition) is 3. The highest BCUT2D eigenvalue weighted by Gasteiger charge is 2.50. The number of carbonyl (C=O) groups excluding carboxylic acids is 3. The summed E-state index contributed by atoms with van der Waals surface area (Å²) in [6, 6.07) is 9.15. The fraction of sp³-hybridized carbons (Fsp3) is 0.609. The Morgan fingerprint density at radius 2 is 1.66 bits per heavy atom. The lowest BCUT2D eigenvalue weighted by molar-refractivity contribution is -0.133. The van der Waals surface area contributed by atoms with E-state index >= 15 is 0 Å². The molecule has 4 rings (SSSR count). The summed E-state index contributed by atoms with van der Waals surface area (Å²) in [5, 5.41) is 6.08. The average Bonchev–Trinajstić information content (AvgIpc) is 3.41. The van der Waals surface area contributed by atoms with E-state index in [2.05, 4.69) is 10.6 Å². The van der Waals surface area contributed by atoms with Crippen molar-refractivity contribution < 1.29 is 14.4 Å². The highest BCUT2D eigenvalue weighted by atomic mass is 16.2. The normalized spacial score (nSPS) is 24.1. The minimum absolute atomic E-state index is 0.0226. The van der Waals surface area contributed by atoms with E-state index in [0.717, 1.165) is 50.6 Å². The molecule has 1 aromatic rings. The molecule has 3 aliphatic rings. The monoisotopic (exact) mass is 397 g/mol. The third-order valence-electron chi connectivity index (χ3n) is 6.75. The molecule has 2 saturated carbocycles. The van der Waals surface area contributed by atoms with Gasteiger partial charge in [0.2, 0.25) is 11.8 Å². The summed E-state index contributed by atoms with van der Waals surface area (Å²) in [5.41, 5.74) is -0.144. The second-order valence-corrected chi connectivity index (χ2v) is 8.72. The van der Waals surface area contributed by atoms with E-state index < -0.39 is 11.6 Å². The molecule has 3 amide bonds. The standard InChI is InChI=1S/C23H31N3O3/c27-20-14-13-19(25-20)21(28)26(18-11-3-1-4-12-18)23(15-7-2-8-16-23)22(29)24-17-9-5-6-10-17/h1,3-4,11-12,17,19H,2,5-10,13-16H2,(H,24,29)(H,25,27). The molecule has 0 radical (unpaired) electrons. The number of hydrogen-bond donors (Lipinski definition) is 2. The number of anilines is 1. The predicted octanol–water partition coefficient (Wildman–Crippen LogP) is 3.06. The van der Waals surface area contributed by atoms with Crippen molar-refractivity contribution in [1.29, 1.82) is 0 Å². The molecule has 0 spiro atoms. The molecule has 2 aliphatic carbocycles. The third-order valence-corrected chi connectivity index (χ3v) is 6.75. The van der Waals surface area contributed by atoms with Crippen LogP contribution in [0.5, 0.6) is 0 Å². The molecule has 1 atom stereocenters. The van der Waals surface area contributed by atoms with Gasteiger partial charge in [0, 0.05) is 18.2 Å². The SMILES string of the molecule is O=C1CCC(C(=O)N(c2ccccc2)C2(C(=O)NC3CCCC3)CCCCC2)N1. The maximum Gasteiger partial charge on any atom is 0.250 e. The molecule has 156 valence electrons. The quantitative estimate of drug-likeness (QED) is 0.802. The van der Waals surface area contributed by atoms with Gasteiger partial charge >= 0.3 is 0 Å². The Labute approximate surface area is 172 Å². The first-order chi connectivity index (χ1) is 14.1. The summed E-state index contributed by atoms with van der Waals surface area (Å²) in [7, 11) is 0. The van der Waals surface area contributed by atoms with Crippen molar-refractivity contribution in [2.24, 2.45) is 0 Å². The van der Waals surface area contributed by atoms with E-state index in [1.165, 1.54) is 0 Å². The van der Waals surface area contributed by atoms with Gasteiger partial charge in [-0.1, -0.05) is 50.3 Å². The lowest BCUT2D eigenvalue weighted by Gasteiger charge is -2.46. The highest BCUT2D eigenvalue weighted by molar-refractivity contribution is 6.07. The molecule has 0 bridgehead atoms. The molecule has 6 nitrogen and oxygen atoms in total. The van der Waals surface area contributed by atoms with Gasteiger partial charge in [-0.3, -0.25) is 19.3 Å². The number of amides is 3. The third kappa shape index (κ3) is 4.02. The van der Waals surface area contributed by atoms with Crippen LogP contribution in [0.15, 0.2) is 30.3 Å². The molecule has 3 fully saturated rings. The van der Waals surface area contributed by atoms with Gasteiger partial charge < -0.3 is 10.6 Å². The van der Waals surface area contributed by atoms with Crippen LogP contribution in [0.3, 0.4) is 0 Å². The van der Waals surface area contributed by atoms with E-state index in [9.17, 15) is 14.4 Å². The summed E-state index contributed by atoms with van der Waals surface area (Å²) in [4.78, 5) is 40.9. The Kier molecular flexibility index (Phi) is 5.88. The predicted molar refractivity (Wildman–Crippen MR) is 111 cm³/mol. The van der Waals surface area contributed by atoms with Gasteiger partial charge in [-0.05, 0) is 44.2 Å². The van der Waals surface area contributed by atoms with Crippen LogP contribution in [-0.4, -0.2) is 35.3 Å². The van der Waals surface area contributed by atoms with Gasteiger partial charge in [0.15, 0.2) is 0 Å². The van der Waals surface area contributed by atoms with Crippen LogP contribution in [-0.2, 0) is 14.4 Å². The maximum absolute atomic E-state index is 13.7. The van der Waals surface area contributed by atoms with Crippen LogP contribution in [0, 0.1) is 0 Å². The van der Waals surface area contributed by atoms with E-state index in [-0.39, 0.29) is 23.8 Å². The average molecular weight is 398 g/mol. The summed E-state index contributed by atoms with van der Waals surface area (Å²) in [6.07, 6.45) is 9.41. The molecule has 1 heterocycles. The van der Waals surface area contributed by atoms with Crippen molar-refractivity contribution in [3.05, 3.63) is 30.3 Å². The number of para-hydroxylation sites is 1. The smallest absolute Gasteiger partial charge is 0.250 e. The fourth-order valence-electron chi connectivity index (χ4n) is 5.20. The van der Waals surface area contributed by atoms with Gasteiger partial charge in [0.25, 0.3) is 5.91 Å². The van der Waals surface area contributed by atoms with Crippen molar-refractivity contribution in [2.75, 3.05) is 4.90 Å². The first kappa shape index (κ1) is 19.9. The Morgan fingerprint density at radius 1 is 0.966 bits per heavy atom. The Bertz CT molecular complexity index is 752. The molecular formula is C23H31N3O3. The fourth-order valence-corrected chi connectivity index (χ4v) is 5.20. The van der Waals surface area contributed by atoms with Crippen molar-refractivity contribution in [3.8, 4) is 0 Å². The molecule has 1 aromatic carbocycles. The molecule has 1 unspecified atom stereocenters. The first-order valence-corrected chi connectivity index (χ1v) is 11.1. The molecule has 29 heavy (non-hydrogen) atoms. The van der Waals surface area contributed by atoms with Crippen molar-refractivity contribution >= 4 is 23.4 Å². The zero-order valence-electron chi connectivity index (χ0n) is 17.0. The number of carbonyl (C=O) groups is 3. The summed E-state index contributed by atoms with van der Waals surface area (Å²) < 4.78 is 0. The Morgan fingerprint density at radius 3 is 2.28 bits per heavy atom. The van der Waals surface area contributed by atoms with E-state index in [4.69, 9.17) is 0 Å². The van der Waals surface area contributed by atoms with Crippen molar-refractivity contribution in [1.82, 2.24) is 10.6 Å². The molecule has 1 aliphatic heterocycles. The van der Waals surface area contributed by atoms with Crippen molar-refractivity contribution in [3.63, 3.8) is 0 Å². The van der Waals surface area contributed by atoms with Crippen LogP contribution in [0.1, 0.15) is 70.6 Å². The largest absolute Gasteiger partial charge is 0.351 e. The van der Waals surface area contributed by atoms with E-state index in [1.54, 1.807) is 4.90 Å².